The second kappa shape index (κ2) is 11.2. The van der Waals surface area contributed by atoms with E-state index in [4.69, 9.17) is 15.2 Å². The number of esters is 1. The van der Waals surface area contributed by atoms with E-state index in [0.717, 1.165) is 16.3 Å². The molecule has 0 bridgehead atoms. The molecule has 0 amide bonds. The minimum atomic E-state index is -3.31. The summed E-state index contributed by atoms with van der Waals surface area (Å²) in [6.07, 6.45) is 2.52. The molecule has 0 fully saturated rings. The van der Waals surface area contributed by atoms with E-state index in [1.807, 2.05) is 54.0 Å². The fourth-order valence-electron chi connectivity index (χ4n) is 4.35. The maximum Gasteiger partial charge on any atom is 0.326 e. The lowest BCUT2D eigenvalue weighted by molar-refractivity contribution is -0.153. The lowest BCUT2D eigenvalue weighted by Gasteiger charge is -2.31. The predicted molar refractivity (Wildman–Crippen MR) is 149 cm³/mol. The maximum atomic E-state index is 14.5. The molecule has 4 aromatic rings. The Labute approximate surface area is 222 Å². The first kappa shape index (κ1) is 27.7. The van der Waals surface area contributed by atoms with Gasteiger partial charge >= 0.3 is 5.97 Å². The van der Waals surface area contributed by atoms with Gasteiger partial charge < -0.3 is 24.3 Å². The highest BCUT2D eigenvalue weighted by Crippen LogP contribution is 2.48. The third-order valence-corrected chi connectivity index (χ3v) is 8.48. The van der Waals surface area contributed by atoms with Crippen LogP contribution in [-0.4, -0.2) is 49.6 Å². The number of nitrogen functional groups attached to an aromatic ring is 1. The van der Waals surface area contributed by atoms with Gasteiger partial charge in [0.1, 0.15) is 23.7 Å². The number of imidazole rings is 1. The Kier molecular flexibility index (Phi) is 8.16. The lowest BCUT2D eigenvalue weighted by atomic mass is 10.1. The first-order valence-electron chi connectivity index (χ1n) is 12.6. The van der Waals surface area contributed by atoms with Gasteiger partial charge in [-0.1, -0.05) is 42.5 Å². The zero-order valence-electron chi connectivity index (χ0n) is 22.4. The van der Waals surface area contributed by atoms with Crippen LogP contribution in [0.4, 0.5) is 5.82 Å². The summed E-state index contributed by atoms with van der Waals surface area (Å²) in [5.74, 6) is -0.164. The first-order valence-corrected chi connectivity index (χ1v) is 14.6. The van der Waals surface area contributed by atoms with E-state index in [2.05, 4.69) is 20.0 Å². The molecule has 11 heteroatoms. The molecular formula is C27H35N6O4P. The van der Waals surface area contributed by atoms with E-state index < -0.39 is 18.8 Å². The van der Waals surface area contributed by atoms with Crippen molar-refractivity contribution < 1.29 is 18.8 Å². The summed E-state index contributed by atoms with van der Waals surface area (Å²) in [4.78, 5) is 25.4. The monoisotopic (exact) mass is 538 g/mol. The number of fused-ring (bicyclic) bond motifs is 2. The minimum Gasteiger partial charge on any atom is -0.462 e. The smallest absolute Gasteiger partial charge is 0.326 e. The van der Waals surface area contributed by atoms with Crippen molar-refractivity contribution in [2.24, 2.45) is 0 Å². The van der Waals surface area contributed by atoms with E-state index in [-0.39, 0.29) is 24.7 Å². The van der Waals surface area contributed by atoms with E-state index >= 15 is 0 Å². The molecule has 38 heavy (non-hydrogen) atoms. The number of carbonyl (C=O) groups is 1. The van der Waals surface area contributed by atoms with Gasteiger partial charge in [-0.3, -0.25) is 4.79 Å². The molecule has 2 atom stereocenters. The molecule has 10 nitrogen and oxygen atoms in total. The Morgan fingerprint density at radius 2 is 1.84 bits per heavy atom. The summed E-state index contributed by atoms with van der Waals surface area (Å²) in [6.45, 7) is 9.23. The summed E-state index contributed by atoms with van der Waals surface area (Å²) < 4.78 is 27.9. The maximum absolute atomic E-state index is 14.5. The second-order valence-electron chi connectivity index (χ2n) is 10.3. The van der Waals surface area contributed by atoms with Gasteiger partial charge in [-0.05, 0) is 51.0 Å². The molecule has 2 aromatic heterocycles. The summed E-state index contributed by atoms with van der Waals surface area (Å²) >= 11 is 0. The summed E-state index contributed by atoms with van der Waals surface area (Å²) in [5.41, 5.74) is 6.75. The highest BCUT2D eigenvalue weighted by molar-refractivity contribution is 7.61. The van der Waals surface area contributed by atoms with Gasteiger partial charge in [-0.2, -0.15) is 0 Å². The predicted octanol–water partition coefficient (Wildman–Crippen LogP) is 4.72. The number of aromatic nitrogens is 4. The molecule has 0 aliphatic rings. The van der Waals surface area contributed by atoms with Crippen molar-refractivity contribution in [3.8, 4) is 0 Å². The number of anilines is 1. The third-order valence-electron chi connectivity index (χ3n) is 6.09. The highest BCUT2D eigenvalue weighted by atomic mass is 31.2. The standard InChI is InChI=1S/C27H35N6O4P/c1-18(2)37-26(34)27(4,5)32-38(35,14-21-11-8-10-20-9-6-7-12-22(20)21)17-36-19(3)13-33-16-31-23-24(28)29-15-30-25(23)33/h6-12,15-16,18-19H,13-14,17H2,1-5H3,(H,32,35)(H2,28,29,30)/t19-,38?/m1/s1. The van der Waals surface area contributed by atoms with Crippen molar-refractivity contribution in [2.75, 3.05) is 12.1 Å². The molecule has 0 radical (unpaired) electrons. The van der Waals surface area contributed by atoms with Gasteiger partial charge in [0, 0.05) is 6.16 Å². The van der Waals surface area contributed by atoms with Gasteiger partial charge in [0.25, 0.3) is 0 Å². The molecule has 0 saturated carbocycles. The van der Waals surface area contributed by atoms with Crippen LogP contribution in [0.25, 0.3) is 21.9 Å². The lowest BCUT2D eigenvalue weighted by Crippen LogP contribution is -2.47. The molecule has 0 aliphatic carbocycles. The summed E-state index contributed by atoms with van der Waals surface area (Å²) in [6, 6.07) is 13.9. The van der Waals surface area contributed by atoms with Gasteiger partial charge in [-0.15, -0.1) is 0 Å². The van der Waals surface area contributed by atoms with Gasteiger partial charge in [-0.25, -0.2) is 20.0 Å². The van der Waals surface area contributed by atoms with E-state index in [0.29, 0.717) is 23.5 Å². The van der Waals surface area contributed by atoms with Gasteiger partial charge in [0.05, 0.1) is 25.1 Å². The second-order valence-corrected chi connectivity index (χ2v) is 12.9. The topological polar surface area (TPSA) is 134 Å². The van der Waals surface area contributed by atoms with Crippen molar-refractivity contribution in [3.05, 3.63) is 60.7 Å². The van der Waals surface area contributed by atoms with Crippen LogP contribution in [0.5, 0.6) is 0 Å². The number of nitrogens with two attached hydrogens (primary N) is 1. The van der Waals surface area contributed by atoms with Crippen LogP contribution in [0, 0.1) is 0 Å². The first-order chi connectivity index (χ1) is 18.0. The molecule has 0 spiro atoms. The summed E-state index contributed by atoms with van der Waals surface area (Å²) in [7, 11) is -3.31. The molecule has 4 rings (SSSR count). The Hall–Kier alpha value is -3.33. The summed E-state index contributed by atoms with van der Waals surface area (Å²) in [5, 5.41) is 5.20. The molecular weight excluding hydrogens is 503 g/mol. The zero-order chi connectivity index (χ0) is 27.5. The van der Waals surface area contributed by atoms with Crippen LogP contribution in [0.2, 0.25) is 0 Å². The minimum absolute atomic E-state index is 0.0838. The van der Waals surface area contributed by atoms with Crippen LogP contribution in [0.1, 0.15) is 40.2 Å². The zero-order valence-corrected chi connectivity index (χ0v) is 23.3. The van der Waals surface area contributed by atoms with Crippen molar-refractivity contribution in [3.63, 3.8) is 0 Å². The Morgan fingerprint density at radius 3 is 2.61 bits per heavy atom. The number of hydrogen-bond donors (Lipinski definition) is 2. The molecule has 1 unspecified atom stereocenters. The van der Waals surface area contributed by atoms with Gasteiger partial charge in [0.2, 0.25) is 0 Å². The third kappa shape index (κ3) is 6.38. The van der Waals surface area contributed by atoms with Crippen LogP contribution in [-0.2, 0) is 31.5 Å². The van der Waals surface area contributed by atoms with Crippen molar-refractivity contribution >= 4 is 41.0 Å². The number of rotatable bonds is 11. The molecule has 2 heterocycles. The molecule has 3 N–H and O–H groups in total. The number of nitrogens with zero attached hydrogens (tertiary/aromatic N) is 4. The Morgan fingerprint density at radius 1 is 1.11 bits per heavy atom. The van der Waals surface area contributed by atoms with Crippen LogP contribution in [0.15, 0.2) is 55.1 Å². The van der Waals surface area contributed by atoms with E-state index in [9.17, 15) is 9.36 Å². The van der Waals surface area contributed by atoms with E-state index in [1.165, 1.54) is 6.33 Å². The average molecular weight is 539 g/mol. The van der Waals surface area contributed by atoms with Crippen LogP contribution >= 0.6 is 7.29 Å². The Balaban J connectivity index is 1.57. The largest absolute Gasteiger partial charge is 0.462 e. The number of carbonyl (C=O) groups excluding carboxylic acids is 1. The van der Waals surface area contributed by atoms with E-state index in [1.54, 1.807) is 34.0 Å². The van der Waals surface area contributed by atoms with Crippen LogP contribution < -0.4 is 10.8 Å². The normalized spacial score (nSPS) is 14.6. The molecule has 202 valence electrons. The SMILES string of the molecule is CC(C)OC(=O)C(C)(C)NP(=O)(CO[C@H](C)Cn1cnc2c(N)ncnc21)Cc1cccc2ccccc12. The van der Waals surface area contributed by atoms with Crippen molar-refractivity contribution in [1.29, 1.82) is 0 Å². The van der Waals surface area contributed by atoms with Crippen molar-refractivity contribution in [1.82, 2.24) is 24.6 Å². The Bertz CT molecular complexity index is 1480. The molecule has 0 aliphatic heterocycles. The molecule has 2 aromatic carbocycles. The van der Waals surface area contributed by atoms with Gasteiger partial charge in [0.15, 0.2) is 18.8 Å². The van der Waals surface area contributed by atoms with Crippen molar-refractivity contribution in [2.45, 2.75) is 65.1 Å². The quantitative estimate of drug-likeness (QED) is 0.205. The fraction of sp³-hybridized carbons (Fsp3) is 0.407. The highest BCUT2D eigenvalue weighted by Gasteiger charge is 2.38. The average Bonchev–Trinajstić information content (AvgIpc) is 3.26. The molecule has 0 saturated heterocycles. The number of benzene rings is 2. The number of nitrogens with one attached hydrogen (secondary N) is 1. The number of hydrogen-bond acceptors (Lipinski definition) is 8. The van der Waals surface area contributed by atoms with Crippen LogP contribution in [0.3, 0.4) is 0 Å². The number of ether oxygens (including phenoxy) is 2. The fourth-order valence-corrected chi connectivity index (χ4v) is 7.02.